The minimum absolute atomic E-state index is 0.0504. The van der Waals surface area contributed by atoms with Gasteiger partial charge in [-0.25, -0.2) is 0 Å². The molecule has 2 N–H and O–H groups in total. The van der Waals surface area contributed by atoms with Crippen molar-refractivity contribution in [3.63, 3.8) is 0 Å². The summed E-state index contributed by atoms with van der Waals surface area (Å²) in [5.74, 6) is 0.00313. The molecule has 0 aliphatic heterocycles. The Balaban J connectivity index is 2.62. The number of primary amides is 1. The zero-order valence-electron chi connectivity index (χ0n) is 6.94. The van der Waals surface area contributed by atoms with Crippen LogP contribution in [0.15, 0.2) is 30.3 Å². The first kappa shape index (κ1) is 10.6. The van der Waals surface area contributed by atoms with Gasteiger partial charge in [-0.3, -0.25) is 0 Å². The van der Waals surface area contributed by atoms with Crippen LogP contribution in [-0.4, -0.2) is 26.7 Å². The molecule has 0 aliphatic carbocycles. The summed E-state index contributed by atoms with van der Waals surface area (Å²) >= 11 is 5.68. The summed E-state index contributed by atoms with van der Waals surface area (Å²) in [4.78, 5) is 10.7. The zero-order chi connectivity index (χ0) is 9.68. The summed E-state index contributed by atoms with van der Waals surface area (Å²) in [5, 5.41) is 0. The summed E-state index contributed by atoms with van der Waals surface area (Å²) in [7, 11) is 0. The molecule has 0 saturated heterocycles. The molecule has 1 aromatic rings. The molecular formula is C9H10ClNOSe. The maximum atomic E-state index is 10.9. The van der Waals surface area contributed by atoms with Crippen LogP contribution >= 0.6 is 11.6 Å². The molecule has 2 nitrogen and oxygen atoms in total. The minimum atomic E-state index is -0.307. The van der Waals surface area contributed by atoms with Gasteiger partial charge in [-0.1, -0.05) is 0 Å². The van der Waals surface area contributed by atoms with Crippen molar-refractivity contribution in [1.82, 2.24) is 0 Å². The molecule has 4 heteroatoms. The van der Waals surface area contributed by atoms with Crippen molar-refractivity contribution in [3.05, 3.63) is 30.3 Å². The van der Waals surface area contributed by atoms with E-state index in [4.69, 9.17) is 17.3 Å². The van der Waals surface area contributed by atoms with Crippen molar-refractivity contribution < 1.29 is 4.79 Å². The molecule has 0 bridgehead atoms. The van der Waals surface area contributed by atoms with E-state index < -0.39 is 0 Å². The summed E-state index contributed by atoms with van der Waals surface area (Å²) in [6.45, 7) is 0. The first-order valence-corrected chi connectivity index (χ1v) is 6.19. The molecule has 1 unspecified atom stereocenters. The number of alkyl halides is 1. The Morgan fingerprint density at radius 2 is 2.08 bits per heavy atom. The Kier molecular flexibility index (Phi) is 4.29. The number of nitrogens with two attached hydrogens (primary N) is 1. The van der Waals surface area contributed by atoms with Crippen LogP contribution in [0.25, 0.3) is 0 Å². The van der Waals surface area contributed by atoms with E-state index in [9.17, 15) is 4.79 Å². The van der Waals surface area contributed by atoms with E-state index >= 15 is 0 Å². The summed E-state index contributed by atoms with van der Waals surface area (Å²) < 4.78 is 1.15. The second-order valence-corrected chi connectivity index (χ2v) is 5.46. The molecule has 0 fully saturated rings. The predicted octanol–water partition coefficient (Wildman–Crippen LogP) is 0.529. The van der Waals surface area contributed by atoms with E-state index in [2.05, 4.69) is 0 Å². The summed E-state index contributed by atoms with van der Waals surface area (Å²) in [6.07, 6.45) is 0. The molecular weight excluding hydrogens is 253 g/mol. The van der Waals surface area contributed by atoms with Gasteiger partial charge in [0.2, 0.25) is 0 Å². The van der Waals surface area contributed by atoms with Crippen molar-refractivity contribution in [2.24, 2.45) is 5.73 Å². The van der Waals surface area contributed by atoms with Crippen molar-refractivity contribution in [2.75, 3.05) is 5.88 Å². The normalized spacial score (nSPS) is 12.4. The first-order chi connectivity index (χ1) is 6.24. The summed E-state index contributed by atoms with van der Waals surface area (Å²) in [6, 6.07) is 9.82. The van der Waals surface area contributed by atoms with Gasteiger partial charge in [-0.2, -0.15) is 0 Å². The third kappa shape index (κ3) is 3.39. The number of amides is 1. The van der Waals surface area contributed by atoms with E-state index in [1.807, 2.05) is 30.3 Å². The summed E-state index contributed by atoms with van der Waals surface area (Å²) in [5.41, 5.74) is 5.19. The van der Waals surface area contributed by atoms with E-state index in [0.29, 0.717) is 5.88 Å². The molecule has 13 heavy (non-hydrogen) atoms. The SMILES string of the molecule is NC(=O)C(CCl)[Se]c1ccccc1. The molecule has 0 spiro atoms. The molecule has 0 saturated carbocycles. The third-order valence-electron chi connectivity index (χ3n) is 1.48. The topological polar surface area (TPSA) is 43.1 Å². The van der Waals surface area contributed by atoms with Crippen LogP contribution in [0.5, 0.6) is 0 Å². The molecule has 0 aliphatic rings. The van der Waals surface area contributed by atoms with Gasteiger partial charge in [0.15, 0.2) is 0 Å². The fourth-order valence-electron chi connectivity index (χ4n) is 0.829. The van der Waals surface area contributed by atoms with E-state index in [1.54, 1.807) is 0 Å². The Morgan fingerprint density at radius 1 is 1.46 bits per heavy atom. The Bertz CT molecular complexity index is 278. The van der Waals surface area contributed by atoms with Gasteiger partial charge in [0, 0.05) is 0 Å². The standard InChI is InChI=1S/C9H10ClNOSe/c10-6-8(9(11)12)13-7-4-2-1-3-5-7/h1-5,8H,6H2,(H2,11,12). The third-order valence-corrected chi connectivity index (χ3v) is 4.78. The van der Waals surface area contributed by atoms with Crippen LogP contribution in [0, 0.1) is 0 Å². The molecule has 1 atom stereocenters. The molecule has 0 radical (unpaired) electrons. The first-order valence-electron chi connectivity index (χ1n) is 3.81. The van der Waals surface area contributed by atoms with Crippen molar-refractivity contribution >= 4 is 36.9 Å². The number of halogens is 1. The van der Waals surface area contributed by atoms with Crippen LogP contribution in [0.1, 0.15) is 0 Å². The fraction of sp³-hybridized carbons (Fsp3) is 0.222. The molecule has 1 rings (SSSR count). The monoisotopic (exact) mass is 263 g/mol. The average Bonchev–Trinajstić information content (AvgIpc) is 2.15. The zero-order valence-corrected chi connectivity index (χ0v) is 9.41. The Morgan fingerprint density at radius 3 is 2.54 bits per heavy atom. The van der Waals surface area contributed by atoms with Crippen LogP contribution < -0.4 is 10.2 Å². The van der Waals surface area contributed by atoms with E-state index in [0.717, 1.165) is 4.46 Å². The molecule has 1 aromatic carbocycles. The van der Waals surface area contributed by atoms with Gasteiger partial charge in [0.1, 0.15) is 0 Å². The maximum absolute atomic E-state index is 10.9. The van der Waals surface area contributed by atoms with Crippen molar-refractivity contribution in [2.45, 2.75) is 4.82 Å². The van der Waals surface area contributed by atoms with Gasteiger partial charge in [0.05, 0.1) is 0 Å². The van der Waals surface area contributed by atoms with Crippen LogP contribution in [0.2, 0.25) is 4.82 Å². The number of carbonyl (C=O) groups excluding carboxylic acids is 1. The number of carbonyl (C=O) groups is 1. The number of benzene rings is 1. The van der Waals surface area contributed by atoms with Crippen molar-refractivity contribution in [3.8, 4) is 0 Å². The number of hydrogen-bond donors (Lipinski definition) is 1. The van der Waals surface area contributed by atoms with Crippen LogP contribution in [0.3, 0.4) is 0 Å². The quantitative estimate of drug-likeness (QED) is 0.624. The van der Waals surface area contributed by atoms with Gasteiger partial charge in [-0.05, 0) is 0 Å². The van der Waals surface area contributed by atoms with Crippen LogP contribution in [0.4, 0.5) is 0 Å². The van der Waals surface area contributed by atoms with E-state index in [-0.39, 0.29) is 25.7 Å². The second-order valence-electron chi connectivity index (χ2n) is 2.48. The van der Waals surface area contributed by atoms with Gasteiger partial charge < -0.3 is 0 Å². The number of hydrogen-bond acceptors (Lipinski definition) is 1. The molecule has 0 aromatic heterocycles. The predicted molar refractivity (Wildman–Crippen MR) is 55.5 cm³/mol. The number of rotatable bonds is 4. The average molecular weight is 263 g/mol. The second kappa shape index (κ2) is 5.28. The Labute approximate surface area is 88.6 Å². The molecule has 70 valence electrons. The van der Waals surface area contributed by atoms with Gasteiger partial charge in [-0.15, -0.1) is 0 Å². The van der Waals surface area contributed by atoms with Gasteiger partial charge >= 0.3 is 88.5 Å². The molecule has 1 amide bonds. The van der Waals surface area contributed by atoms with Crippen molar-refractivity contribution in [1.29, 1.82) is 0 Å². The Hall–Kier alpha value is -0.501. The molecule has 0 heterocycles. The van der Waals surface area contributed by atoms with Gasteiger partial charge in [0.25, 0.3) is 0 Å². The van der Waals surface area contributed by atoms with E-state index in [1.165, 1.54) is 0 Å². The van der Waals surface area contributed by atoms with Crippen LogP contribution in [-0.2, 0) is 4.79 Å². The fourth-order valence-corrected chi connectivity index (χ4v) is 3.03.